The number of piperidine rings is 1. The van der Waals surface area contributed by atoms with E-state index in [0.29, 0.717) is 22.8 Å². The average molecular weight is 450 g/mol. The third-order valence-electron chi connectivity index (χ3n) is 6.54. The van der Waals surface area contributed by atoms with E-state index in [4.69, 9.17) is 16.3 Å². The van der Waals surface area contributed by atoms with Crippen molar-refractivity contribution in [2.75, 3.05) is 44.0 Å². The number of ether oxygens (including phenoxy) is 1. The van der Waals surface area contributed by atoms with Gasteiger partial charge in [-0.1, -0.05) is 23.7 Å². The summed E-state index contributed by atoms with van der Waals surface area (Å²) >= 11 is 6.13. The zero-order chi connectivity index (χ0) is 22.1. The number of benzene rings is 2. The van der Waals surface area contributed by atoms with E-state index in [1.54, 1.807) is 7.11 Å². The quantitative estimate of drug-likeness (QED) is 0.591. The Balaban J connectivity index is 1.31. The van der Waals surface area contributed by atoms with Crippen LogP contribution >= 0.6 is 11.6 Å². The number of hydrogen-bond donors (Lipinski definition) is 1. The molecule has 1 aromatic heterocycles. The molecule has 3 heterocycles. The van der Waals surface area contributed by atoms with Crippen molar-refractivity contribution < 1.29 is 4.74 Å². The summed E-state index contributed by atoms with van der Waals surface area (Å²) < 4.78 is 5.31. The summed E-state index contributed by atoms with van der Waals surface area (Å²) in [5.41, 5.74) is 5.68. The van der Waals surface area contributed by atoms with Gasteiger partial charge in [0.15, 0.2) is 0 Å². The van der Waals surface area contributed by atoms with E-state index in [0.717, 1.165) is 29.8 Å². The second kappa shape index (κ2) is 8.96. The van der Waals surface area contributed by atoms with Crippen molar-refractivity contribution in [1.82, 2.24) is 14.9 Å². The highest BCUT2D eigenvalue weighted by Gasteiger charge is 2.28. The first-order valence-electron chi connectivity index (χ1n) is 11.1. The normalized spacial score (nSPS) is 16.8. The summed E-state index contributed by atoms with van der Waals surface area (Å²) in [7, 11) is 3.82. The molecule has 2 aliphatic heterocycles. The Kier molecular flexibility index (Phi) is 5.89. The molecule has 0 unspecified atom stereocenters. The van der Waals surface area contributed by atoms with Crippen LogP contribution in [0.2, 0.25) is 5.02 Å². The van der Waals surface area contributed by atoms with Gasteiger partial charge in [0.1, 0.15) is 5.75 Å². The molecule has 32 heavy (non-hydrogen) atoms. The molecule has 6 nitrogen and oxygen atoms in total. The van der Waals surface area contributed by atoms with Gasteiger partial charge in [0.05, 0.1) is 12.1 Å². The lowest BCUT2D eigenvalue weighted by molar-refractivity contribution is 0.251. The molecule has 166 valence electrons. The number of nitrogens with one attached hydrogen (secondary N) is 1. The highest BCUT2D eigenvalue weighted by Crippen LogP contribution is 2.35. The van der Waals surface area contributed by atoms with E-state index in [9.17, 15) is 0 Å². The number of hydrogen-bond acceptors (Lipinski definition) is 6. The molecule has 5 rings (SSSR count). The molecular weight excluding hydrogens is 422 g/mol. The van der Waals surface area contributed by atoms with Crippen LogP contribution in [0.1, 0.15) is 18.4 Å². The number of likely N-dealkylation sites (tertiary alicyclic amines) is 1. The van der Waals surface area contributed by atoms with Crippen LogP contribution in [0.4, 0.5) is 17.3 Å². The lowest BCUT2D eigenvalue weighted by Crippen LogP contribution is -2.43. The smallest absolute Gasteiger partial charge is 0.227 e. The van der Waals surface area contributed by atoms with E-state index in [1.807, 2.05) is 30.6 Å². The molecule has 0 spiro atoms. The van der Waals surface area contributed by atoms with Crippen molar-refractivity contribution in [2.45, 2.75) is 25.3 Å². The second-order valence-corrected chi connectivity index (χ2v) is 9.00. The van der Waals surface area contributed by atoms with Crippen molar-refractivity contribution >= 4 is 28.9 Å². The molecule has 1 saturated heterocycles. The number of nitrogens with zero attached hydrogens (tertiary/aromatic N) is 4. The molecule has 0 saturated carbocycles. The van der Waals surface area contributed by atoms with Crippen LogP contribution in [-0.2, 0) is 6.42 Å². The predicted molar refractivity (Wildman–Crippen MR) is 130 cm³/mol. The zero-order valence-electron chi connectivity index (χ0n) is 18.5. The van der Waals surface area contributed by atoms with E-state index in [1.165, 1.54) is 37.2 Å². The van der Waals surface area contributed by atoms with Gasteiger partial charge in [-0.05, 0) is 74.8 Å². The fourth-order valence-corrected chi connectivity index (χ4v) is 4.87. The summed E-state index contributed by atoms with van der Waals surface area (Å²) in [6.45, 7) is 3.46. The van der Waals surface area contributed by atoms with Gasteiger partial charge in [0.25, 0.3) is 0 Å². The summed E-state index contributed by atoms with van der Waals surface area (Å²) in [5.74, 6) is 1.22. The van der Waals surface area contributed by atoms with Gasteiger partial charge in [-0.15, -0.1) is 0 Å². The minimum atomic E-state index is 0.582. The monoisotopic (exact) mass is 449 g/mol. The van der Waals surface area contributed by atoms with Crippen LogP contribution in [0.5, 0.6) is 5.75 Å². The SMILES string of the molecule is COc1cc(-c2cnc(Nc3ccc4c(c3)N(C3CCN(C)CC3)CC4)nc2)ccc1Cl. The molecule has 1 N–H and O–H groups in total. The third-order valence-corrected chi connectivity index (χ3v) is 6.85. The zero-order valence-corrected chi connectivity index (χ0v) is 19.3. The van der Waals surface area contributed by atoms with Crippen molar-refractivity contribution in [2.24, 2.45) is 0 Å². The van der Waals surface area contributed by atoms with Crippen molar-refractivity contribution in [3.05, 3.63) is 59.4 Å². The number of aromatic nitrogens is 2. The Morgan fingerprint density at radius 2 is 1.78 bits per heavy atom. The second-order valence-electron chi connectivity index (χ2n) is 8.59. The molecule has 1 fully saturated rings. The number of fused-ring (bicyclic) bond motifs is 1. The standard InChI is InChI=1S/C25H28ClN5O/c1-30-10-8-21(9-11-30)31-12-7-17-3-5-20(14-23(17)31)29-25-27-15-19(16-28-25)18-4-6-22(26)24(13-18)32-2/h3-6,13-16,21H,7-12H2,1-2H3,(H,27,28,29). The minimum absolute atomic E-state index is 0.582. The van der Waals surface area contributed by atoms with Crippen LogP contribution in [0, 0.1) is 0 Å². The lowest BCUT2D eigenvalue weighted by atomic mass is 10.0. The van der Waals surface area contributed by atoms with Gasteiger partial charge in [0, 0.05) is 41.9 Å². The largest absolute Gasteiger partial charge is 0.495 e. The minimum Gasteiger partial charge on any atom is -0.495 e. The topological polar surface area (TPSA) is 53.5 Å². The Bertz CT molecular complexity index is 1100. The fourth-order valence-electron chi connectivity index (χ4n) is 4.68. The first kappa shape index (κ1) is 21.0. The molecule has 0 amide bonds. The van der Waals surface area contributed by atoms with E-state index in [2.05, 4.69) is 50.3 Å². The van der Waals surface area contributed by atoms with Crippen molar-refractivity contribution in [3.8, 4) is 16.9 Å². The Labute approximate surface area is 194 Å². The Morgan fingerprint density at radius 3 is 2.53 bits per heavy atom. The van der Waals surface area contributed by atoms with Crippen LogP contribution in [0.25, 0.3) is 11.1 Å². The molecule has 0 aliphatic carbocycles. The van der Waals surface area contributed by atoms with Gasteiger partial charge in [-0.25, -0.2) is 9.97 Å². The summed E-state index contributed by atoms with van der Waals surface area (Å²) in [5, 5.41) is 3.96. The number of methoxy groups -OCH3 is 1. The van der Waals surface area contributed by atoms with Crippen LogP contribution in [0.15, 0.2) is 48.8 Å². The molecule has 3 aromatic rings. The molecule has 2 aromatic carbocycles. The summed E-state index contributed by atoms with van der Waals surface area (Å²) in [4.78, 5) is 14.1. The maximum Gasteiger partial charge on any atom is 0.227 e. The lowest BCUT2D eigenvalue weighted by Gasteiger charge is -2.36. The van der Waals surface area contributed by atoms with E-state index in [-0.39, 0.29) is 0 Å². The average Bonchev–Trinajstić information content (AvgIpc) is 3.24. The first-order valence-corrected chi connectivity index (χ1v) is 11.5. The highest BCUT2D eigenvalue weighted by atomic mass is 35.5. The number of halogens is 1. The van der Waals surface area contributed by atoms with E-state index >= 15 is 0 Å². The van der Waals surface area contributed by atoms with Gasteiger partial charge in [-0.2, -0.15) is 0 Å². The molecule has 7 heteroatoms. The van der Waals surface area contributed by atoms with Crippen molar-refractivity contribution in [3.63, 3.8) is 0 Å². The van der Waals surface area contributed by atoms with Crippen LogP contribution in [-0.4, -0.2) is 54.7 Å². The highest BCUT2D eigenvalue weighted by molar-refractivity contribution is 6.32. The maximum absolute atomic E-state index is 6.13. The summed E-state index contributed by atoms with van der Waals surface area (Å²) in [6, 6.07) is 12.9. The fraction of sp³-hybridized carbons (Fsp3) is 0.360. The Morgan fingerprint density at radius 1 is 1.00 bits per heavy atom. The number of anilines is 3. The maximum atomic E-state index is 6.13. The molecule has 0 bridgehead atoms. The predicted octanol–water partition coefficient (Wildman–Crippen LogP) is 5.01. The first-order chi connectivity index (χ1) is 15.6. The number of rotatable bonds is 5. The van der Waals surface area contributed by atoms with Crippen LogP contribution < -0.4 is 15.0 Å². The molecule has 0 radical (unpaired) electrons. The Hall–Kier alpha value is -2.83. The van der Waals surface area contributed by atoms with E-state index < -0.39 is 0 Å². The third kappa shape index (κ3) is 4.25. The molecular formula is C25H28ClN5O. The van der Waals surface area contributed by atoms with Crippen molar-refractivity contribution in [1.29, 1.82) is 0 Å². The van der Waals surface area contributed by atoms with Gasteiger partial charge < -0.3 is 19.9 Å². The van der Waals surface area contributed by atoms with Gasteiger partial charge in [0.2, 0.25) is 5.95 Å². The van der Waals surface area contributed by atoms with Crippen LogP contribution in [0.3, 0.4) is 0 Å². The molecule has 0 atom stereocenters. The van der Waals surface area contributed by atoms with Gasteiger partial charge in [-0.3, -0.25) is 0 Å². The summed E-state index contributed by atoms with van der Waals surface area (Å²) in [6.07, 6.45) is 7.21. The van der Waals surface area contributed by atoms with Gasteiger partial charge >= 0.3 is 0 Å². The molecule has 2 aliphatic rings.